The van der Waals surface area contributed by atoms with Gasteiger partial charge in [-0.1, -0.05) is 78.3 Å². The molecule has 1 aromatic rings. The molecular weight excluding hydrogens is 394 g/mol. The first-order valence-corrected chi connectivity index (χ1v) is 11.6. The molecule has 0 atom stereocenters. The van der Waals surface area contributed by atoms with E-state index < -0.39 is 0 Å². The van der Waals surface area contributed by atoms with E-state index in [4.69, 9.17) is 15.9 Å². The van der Waals surface area contributed by atoms with Crippen molar-refractivity contribution in [2.24, 2.45) is 0 Å². The molecule has 3 heteroatoms. The van der Waals surface area contributed by atoms with E-state index in [2.05, 4.69) is 56.9 Å². The molecule has 0 aliphatic heterocycles. The molecule has 0 spiro atoms. The fraction of sp³-hybridized carbons (Fsp3) is 0.448. The van der Waals surface area contributed by atoms with Crippen LogP contribution in [0, 0.1) is 19.4 Å². The summed E-state index contributed by atoms with van der Waals surface area (Å²) in [6, 6.07) is 8.55. The molecule has 0 radical (unpaired) electrons. The smallest absolute Gasteiger partial charge is 0.122 e. The Balaban J connectivity index is -0.000000587. The molecule has 1 rings (SSSR count). The summed E-state index contributed by atoms with van der Waals surface area (Å²) in [5, 5.41) is 2.66. The molecular formula is C29H47NO2. The van der Waals surface area contributed by atoms with Crippen molar-refractivity contribution in [2.75, 3.05) is 13.7 Å². The highest BCUT2D eigenvalue weighted by Crippen LogP contribution is 2.24. The Morgan fingerprint density at radius 3 is 2.22 bits per heavy atom. The normalized spacial score (nSPS) is 10.3. The molecule has 0 unspecified atom stereocenters. The first-order valence-electron chi connectivity index (χ1n) is 11.6. The Labute approximate surface area is 199 Å². The highest BCUT2D eigenvalue weighted by Gasteiger charge is 2.03. The van der Waals surface area contributed by atoms with Crippen molar-refractivity contribution in [1.82, 2.24) is 5.32 Å². The third kappa shape index (κ3) is 16.9. The van der Waals surface area contributed by atoms with Crippen LogP contribution in [0.2, 0.25) is 0 Å². The molecule has 0 aliphatic rings. The van der Waals surface area contributed by atoms with Crippen molar-refractivity contribution in [2.45, 2.75) is 75.2 Å². The van der Waals surface area contributed by atoms with E-state index in [1.807, 2.05) is 66.0 Å². The van der Waals surface area contributed by atoms with Gasteiger partial charge in [0.15, 0.2) is 0 Å². The van der Waals surface area contributed by atoms with Crippen LogP contribution in [0.25, 0.3) is 5.57 Å². The van der Waals surface area contributed by atoms with E-state index in [-0.39, 0.29) is 0 Å². The van der Waals surface area contributed by atoms with E-state index in [0.717, 1.165) is 41.9 Å². The summed E-state index contributed by atoms with van der Waals surface area (Å²) in [6.07, 6.45) is 14.8. The first-order chi connectivity index (χ1) is 15.4. The number of terminal acetylenes is 1. The Kier molecular flexibility index (Phi) is 25.8. The zero-order valence-electron chi connectivity index (χ0n) is 22.3. The average Bonchev–Trinajstić information content (AvgIpc) is 2.85. The maximum atomic E-state index is 5.70. The molecule has 32 heavy (non-hydrogen) atoms. The number of rotatable bonds is 9. The lowest BCUT2D eigenvalue weighted by molar-refractivity contribution is 0.309. The zero-order chi connectivity index (χ0) is 25.4. The Morgan fingerprint density at radius 2 is 1.78 bits per heavy atom. The number of aryl methyl sites for hydroxylation is 1. The molecule has 1 aromatic carbocycles. The summed E-state index contributed by atoms with van der Waals surface area (Å²) in [6.45, 7) is 22.9. The van der Waals surface area contributed by atoms with Crippen molar-refractivity contribution < 1.29 is 9.47 Å². The van der Waals surface area contributed by atoms with E-state index >= 15 is 0 Å². The van der Waals surface area contributed by atoms with Crippen LogP contribution in [0.3, 0.4) is 0 Å². The summed E-state index contributed by atoms with van der Waals surface area (Å²) < 4.78 is 10.7. The molecule has 0 fully saturated rings. The molecule has 1 N–H and O–H groups in total. The van der Waals surface area contributed by atoms with Gasteiger partial charge in [0.05, 0.1) is 13.7 Å². The summed E-state index contributed by atoms with van der Waals surface area (Å²) in [4.78, 5) is 0. The zero-order valence-corrected chi connectivity index (χ0v) is 22.3. The van der Waals surface area contributed by atoms with Crippen LogP contribution in [0.4, 0.5) is 0 Å². The lowest BCUT2D eigenvalue weighted by Gasteiger charge is -2.10. The van der Waals surface area contributed by atoms with Crippen LogP contribution in [0.15, 0.2) is 60.5 Å². The second-order valence-electron chi connectivity index (χ2n) is 6.21. The SMILES string of the molecule is C#CN/C=C(\C)CC.C=C(/C=C\C(=C/C)c1ccc(OCCC)c(C)c1)OC.CC.CC. The van der Waals surface area contributed by atoms with Gasteiger partial charge in [0.25, 0.3) is 0 Å². The molecule has 0 heterocycles. The van der Waals surface area contributed by atoms with E-state index in [9.17, 15) is 0 Å². The van der Waals surface area contributed by atoms with Crippen molar-refractivity contribution in [3.8, 4) is 18.2 Å². The van der Waals surface area contributed by atoms with Gasteiger partial charge in [0.2, 0.25) is 0 Å². The minimum atomic E-state index is 0.643. The van der Waals surface area contributed by atoms with Crippen LogP contribution in [0.5, 0.6) is 5.75 Å². The second kappa shape index (κ2) is 24.4. The monoisotopic (exact) mass is 441 g/mol. The molecule has 0 bridgehead atoms. The predicted octanol–water partition coefficient (Wildman–Crippen LogP) is 8.44. The summed E-state index contributed by atoms with van der Waals surface area (Å²) >= 11 is 0. The fourth-order valence-corrected chi connectivity index (χ4v) is 2.08. The van der Waals surface area contributed by atoms with Crippen molar-refractivity contribution in [1.29, 1.82) is 0 Å². The van der Waals surface area contributed by atoms with Crippen LogP contribution in [-0.4, -0.2) is 13.7 Å². The topological polar surface area (TPSA) is 30.5 Å². The molecule has 0 aliphatic carbocycles. The summed E-state index contributed by atoms with van der Waals surface area (Å²) in [5.74, 6) is 1.60. The Hall–Kier alpha value is -2.86. The maximum absolute atomic E-state index is 5.70. The number of benzene rings is 1. The Bertz CT molecular complexity index is 734. The van der Waals surface area contributed by atoms with Gasteiger partial charge in [0, 0.05) is 12.2 Å². The number of nitrogens with one attached hydrogen (secondary N) is 1. The van der Waals surface area contributed by atoms with Gasteiger partial charge >= 0.3 is 0 Å². The molecule has 0 aromatic heterocycles. The van der Waals surface area contributed by atoms with E-state index in [1.54, 1.807) is 7.11 Å². The number of allylic oxidation sites excluding steroid dienone is 5. The van der Waals surface area contributed by atoms with Crippen molar-refractivity contribution in [3.63, 3.8) is 0 Å². The summed E-state index contributed by atoms with van der Waals surface area (Å²) in [7, 11) is 1.62. The predicted molar refractivity (Wildman–Crippen MR) is 145 cm³/mol. The molecule has 3 nitrogen and oxygen atoms in total. The fourth-order valence-electron chi connectivity index (χ4n) is 2.08. The molecule has 0 amide bonds. The van der Waals surface area contributed by atoms with Crippen LogP contribution in [0.1, 0.15) is 79.4 Å². The third-order valence-electron chi connectivity index (χ3n) is 3.95. The van der Waals surface area contributed by atoms with Crippen LogP contribution >= 0.6 is 0 Å². The lowest BCUT2D eigenvalue weighted by Crippen LogP contribution is -1.97. The van der Waals surface area contributed by atoms with Gasteiger partial charge in [-0.05, 0) is 68.5 Å². The quantitative estimate of drug-likeness (QED) is 0.180. The molecule has 0 saturated carbocycles. The van der Waals surface area contributed by atoms with Gasteiger partial charge in [-0.25, -0.2) is 0 Å². The third-order valence-corrected chi connectivity index (χ3v) is 3.95. The first kappa shape index (κ1) is 33.8. The number of ether oxygens (including phenoxy) is 2. The van der Waals surface area contributed by atoms with Crippen LogP contribution in [-0.2, 0) is 4.74 Å². The van der Waals surface area contributed by atoms with Gasteiger partial charge in [-0.2, -0.15) is 0 Å². The second-order valence-corrected chi connectivity index (χ2v) is 6.21. The van der Waals surface area contributed by atoms with E-state index in [1.165, 1.54) is 5.57 Å². The minimum Gasteiger partial charge on any atom is -0.497 e. The van der Waals surface area contributed by atoms with E-state index in [0.29, 0.717) is 5.76 Å². The number of methoxy groups -OCH3 is 1. The summed E-state index contributed by atoms with van der Waals surface area (Å²) in [5.41, 5.74) is 4.71. The highest BCUT2D eigenvalue weighted by molar-refractivity contribution is 5.75. The van der Waals surface area contributed by atoms with Gasteiger partial charge < -0.3 is 14.8 Å². The molecule has 0 saturated heterocycles. The number of hydrogen-bond acceptors (Lipinski definition) is 3. The number of hydrogen-bond donors (Lipinski definition) is 1. The Morgan fingerprint density at radius 1 is 1.16 bits per heavy atom. The highest BCUT2D eigenvalue weighted by atomic mass is 16.5. The van der Waals surface area contributed by atoms with Gasteiger partial charge in [0.1, 0.15) is 11.5 Å². The standard InChI is InChI=1S/C18H24O2.C7H11N.2C2H6/c1-6-12-20-18-11-10-17(13-14(18)3)16(7-2)9-8-15(4)19-5;1-4-7(3)6-8-5-2;2*1-2/h7-11,13H,4,6,12H2,1-3,5H3;2,6,8H,4H2,1,3H3;2*1-2H3/b9-8-,16-7+;7-6+;;. The maximum Gasteiger partial charge on any atom is 0.122 e. The average molecular weight is 442 g/mol. The van der Waals surface area contributed by atoms with Crippen molar-refractivity contribution in [3.05, 3.63) is 71.7 Å². The molecule has 180 valence electrons. The lowest BCUT2D eigenvalue weighted by atomic mass is 10.0. The van der Waals surface area contributed by atoms with Gasteiger partial charge in [-0.3, -0.25) is 0 Å². The largest absolute Gasteiger partial charge is 0.497 e. The van der Waals surface area contributed by atoms with Crippen LogP contribution < -0.4 is 10.1 Å². The minimum absolute atomic E-state index is 0.643. The van der Waals surface area contributed by atoms with Crippen molar-refractivity contribution >= 4 is 5.57 Å². The van der Waals surface area contributed by atoms with Gasteiger partial charge in [-0.15, -0.1) is 0 Å².